The number of carbonyl (C=O) groups excluding carboxylic acids is 6. The summed E-state index contributed by atoms with van der Waals surface area (Å²) in [5.41, 5.74) is 1.22. The van der Waals surface area contributed by atoms with Gasteiger partial charge in [0.25, 0.3) is 0 Å². The van der Waals surface area contributed by atoms with Crippen molar-refractivity contribution in [1.82, 2.24) is 25.4 Å². The molecule has 8 rings (SSSR count). The molecule has 1 aromatic heterocycles. The van der Waals surface area contributed by atoms with Crippen LogP contribution in [0.15, 0.2) is 45.5 Å². The van der Waals surface area contributed by atoms with Crippen LogP contribution in [0, 0.1) is 51.8 Å². The van der Waals surface area contributed by atoms with Crippen molar-refractivity contribution in [3.05, 3.63) is 45.5 Å². The molecule has 0 radical (unpaired) electrons. The number of likely N-dealkylation sites (N-methyl/N-ethyl adjacent to an activating group) is 1. The van der Waals surface area contributed by atoms with Gasteiger partial charge in [0.2, 0.25) is 17.7 Å². The number of unbranched alkanes of at least 4 members (excludes halogenated alkanes) is 1. The van der Waals surface area contributed by atoms with Crippen molar-refractivity contribution in [1.29, 1.82) is 0 Å². The molecule has 2 heterocycles. The summed E-state index contributed by atoms with van der Waals surface area (Å²) in [7, 11) is 1.59. The van der Waals surface area contributed by atoms with Crippen LogP contribution in [0.4, 0.5) is 4.79 Å². The van der Waals surface area contributed by atoms with E-state index >= 15 is 0 Å². The molecule has 0 saturated heterocycles. The molecule has 4 amide bonds. The summed E-state index contributed by atoms with van der Waals surface area (Å²) in [4.78, 5) is 116. The molecule has 460 valence electrons. The average molecular weight is 1200 g/mol. The standard InChI is InChI=1S/C63H88N6O13S2/c1-34(41-17-18-42-52-43(22-24-63(41,42)8)62(7)23-21-39(70)29-38(62)30-47(52)71)15-20-50(73)65-45(58(77)78)13-10-11-25-64-49(72)14-12-26-69(28-27-68(9)51(74)32-61(5,6)53-37(4)54(75)35(2)36(3)55(53)76)60(81)82-40-16-19-44-48(31-40)84-57(66-44)56-67-46(33-83-56)59(79)80/h16,19,31,34,38-39,41-43,45-47,52,70-71H,10-15,17-18,20-30,32-33H2,1-9H3,(H,64,72)(H,65,73)(H,77,78)(H,79,80)/t34?,38-,39+,41+,42-,43-,45?,46?,47+,52-,62-,63+/m0/s1. The Kier molecular flexibility index (Phi) is 20.4. The predicted octanol–water partition coefficient (Wildman–Crippen LogP) is 8.77. The number of hydrogen-bond acceptors (Lipinski definition) is 15. The Morgan fingerprint density at radius 1 is 0.845 bits per heavy atom. The smallest absolute Gasteiger partial charge is 0.415 e. The summed E-state index contributed by atoms with van der Waals surface area (Å²) >= 11 is 2.60. The van der Waals surface area contributed by atoms with Gasteiger partial charge in [-0.2, -0.15) is 0 Å². The third-order valence-corrected chi connectivity index (χ3v) is 22.7. The van der Waals surface area contributed by atoms with Gasteiger partial charge in [-0.05, 0) is 163 Å². The summed E-state index contributed by atoms with van der Waals surface area (Å²) in [6.45, 7) is 15.9. The highest BCUT2D eigenvalue weighted by atomic mass is 32.2. The van der Waals surface area contributed by atoms with E-state index in [-0.39, 0.29) is 128 Å². The predicted molar refractivity (Wildman–Crippen MR) is 321 cm³/mol. The maximum Gasteiger partial charge on any atom is 0.415 e. The summed E-state index contributed by atoms with van der Waals surface area (Å²) in [6.07, 6.45) is 8.52. The zero-order valence-corrected chi connectivity index (χ0v) is 52.1. The number of carbonyl (C=O) groups is 8. The highest BCUT2D eigenvalue weighted by Gasteiger charge is 2.63. The molecule has 3 unspecified atom stereocenters. The highest BCUT2D eigenvalue weighted by Crippen LogP contribution is 2.68. The van der Waals surface area contributed by atoms with E-state index in [4.69, 9.17) is 4.74 Å². The van der Waals surface area contributed by atoms with Crippen LogP contribution < -0.4 is 15.4 Å². The van der Waals surface area contributed by atoms with Gasteiger partial charge in [-0.3, -0.25) is 29.0 Å². The molecular weight excluding hydrogens is 1110 g/mol. The number of Topliss-reactive ketones (excluding diaryl/α,β-unsaturated/α-hetero) is 2. The van der Waals surface area contributed by atoms with Gasteiger partial charge >= 0.3 is 18.0 Å². The third-order valence-electron chi connectivity index (χ3n) is 20.5. The molecule has 1 aromatic carbocycles. The molecule has 6 N–H and O–H groups in total. The number of ether oxygens (including phenoxy) is 1. The molecule has 0 spiro atoms. The van der Waals surface area contributed by atoms with E-state index in [1.165, 1.54) is 32.9 Å². The first kappa shape index (κ1) is 64.5. The van der Waals surface area contributed by atoms with Gasteiger partial charge in [0.1, 0.15) is 21.8 Å². The maximum absolute atomic E-state index is 14.0. The lowest BCUT2D eigenvalue weighted by Gasteiger charge is -2.62. The van der Waals surface area contributed by atoms with E-state index in [0.717, 1.165) is 51.4 Å². The average Bonchev–Trinajstić information content (AvgIpc) is 1.35. The number of aliphatic imine (C=N–C) groups is 1. The number of allylic oxidation sites excluding steroid dienone is 4. The Hall–Kier alpha value is -5.51. The van der Waals surface area contributed by atoms with Crippen molar-refractivity contribution >= 4 is 85.7 Å². The fraction of sp³-hybridized carbons (Fsp3) is 0.683. The molecule has 84 heavy (non-hydrogen) atoms. The van der Waals surface area contributed by atoms with Crippen molar-refractivity contribution in [3.8, 4) is 5.75 Å². The Morgan fingerprint density at radius 2 is 1.56 bits per heavy atom. The molecule has 2 aromatic rings. The Morgan fingerprint density at radius 3 is 2.27 bits per heavy atom. The fourth-order valence-electron chi connectivity index (χ4n) is 15.5. The number of fused-ring (bicyclic) bond motifs is 6. The van der Waals surface area contributed by atoms with Gasteiger partial charge < -0.3 is 45.6 Å². The van der Waals surface area contributed by atoms with Crippen LogP contribution in [0.25, 0.3) is 10.2 Å². The first-order chi connectivity index (χ1) is 39.6. The molecule has 19 nitrogen and oxygen atoms in total. The fourth-order valence-corrected chi connectivity index (χ4v) is 17.6. The lowest BCUT2D eigenvalue weighted by atomic mass is 9.43. The number of nitrogens with zero attached hydrogens (tertiary/aromatic N) is 4. The summed E-state index contributed by atoms with van der Waals surface area (Å²) < 4.78 is 6.56. The van der Waals surface area contributed by atoms with Crippen LogP contribution in [-0.4, -0.2) is 151 Å². The second-order valence-corrected chi connectivity index (χ2v) is 28.3. The molecular formula is C63H88N6O13S2. The molecule has 4 fully saturated rings. The quantitative estimate of drug-likeness (QED) is 0.0423. The number of aliphatic hydroxyl groups is 2. The van der Waals surface area contributed by atoms with E-state index < -0.39 is 35.5 Å². The number of aromatic nitrogens is 1. The van der Waals surface area contributed by atoms with E-state index in [1.807, 2.05) is 0 Å². The molecule has 5 aliphatic carbocycles. The Bertz CT molecular complexity index is 2990. The van der Waals surface area contributed by atoms with Crippen molar-refractivity contribution in [2.75, 3.05) is 39.0 Å². The normalized spacial score (nSPS) is 28.4. The first-order valence-electron chi connectivity index (χ1n) is 30.3. The number of rotatable bonds is 24. The van der Waals surface area contributed by atoms with Crippen molar-refractivity contribution in [2.45, 2.75) is 182 Å². The lowest BCUT2D eigenvalue weighted by Crippen LogP contribution is -2.58. The summed E-state index contributed by atoms with van der Waals surface area (Å²) in [5.74, 6) is -0.823. The van der Waals surface area contributed by atoms with E-state index in [1.54, 1.807) is 59.9 Å². The van der Waals surface area contributed by atoms with Crippen LogP contribution in [0.2, 0.25) is 0 Å². The topological polar surface area (TPSA) is 282 Å². The first-order valence-corrected chi connectivity index (χ1v) is 32.1. The zero-order chi connectivity index (χ0) is 61.2. The minimum Gasteiger partial charge on any atom is -0.480 e. The second-order valence-electron chi connectivity index (χ2n) is 26.3. The van der Waals surface area contributed by atoms with E-state index in [2.05, 4.69) is 41.4 Å². The zero-order valence-electron chi connectivity index (χ0n) is 50.4. The maximum atomic E-state index is 14.0. The van der Waals surface area contributed by atoms with Crippen molar-refractivity contribution < 1.29 is 63.5 Å². The Labute approximate surface area is 501 Å². The van der Waals surface area contributed by atoms with Gasteiger partial charge in [-0.1, -0.05) is 34.6 Å². The SMILES string of the molecule is CC1=C(C)C(=O)C(C(C)(C)CC(=O)N(C)CCN(CCCC(=O)NCCCCC(NC(=O)CCC(C)[C@H]2CC[C@H]3[C@@H]4[C@H](O)C[C@@H]5C[C@H](O)CC[C@]5(C)[C@H]4CC[C@]23C)C(=O)O)C(=O)Oc2ccc3nc(C4=NC(C(=O)O)CS4)sc3c2)=C(C)C1=O. The number of hydrogen-bond donors (Lipinski definition) is 6. The van der Waals surface area contributed by atoms with Gasteiger partial charge in [-0.25, -0.2) is 19.4 Å². The third kappa shape index (κ3) is 14.0. The number of amides is 4. The molecule has 21 heteroatoms. The van der Waals surface area contributed by atoms with Crippen LogP contribution in [0.1, 0.15) is 163 Å². The molecule has 4 saturated carbocycles. The van der Waals surface area contributed by atoms with Crippen LogP contribution in [0.3, 0.4) is 0 Å². The molecule has 12 atom stereocenters. The van der Waals surface area contributed by atoms with Gasteiger partial charge in [0, 0.05) is 92.0 Å². The largest absolute Gasteiger partial charge is 0.480 e. The van der Waals surface area contributed by atoms with Gasteiger partial charge in [-0.15, -0.1) is 23.1 Å². The number of thioether (sulfide) groups is 1. The number of nitrogens with one attached hydrogen (secondary N) is 2. The monoisotopic (exact) mass is 1200 g/mol. The second kappa shape index (κ2) is 26.6. The number of carboxylic acid groups (broad SMARTS) is 2. The van der Waals surface area contributed by atoms with Crippen LogP contribution >= 0.6 is 23.1 Å². The van der Waals surface area contributed by atoms with Crippen LogP contribution in [0.5, 0.6) is 5.75 Å². The van der Waals surface area contributed by atoms with Crippen LogP contribution in [-0.2, 0) is 33.6 Å². The highest BCUT2D eigenvalue weighted by molar-refractivity contribution is 8.15. The number of aliphatic hydroxyl groups excluding tert-OH is 2. The van der Waals surface area contributed by atoms with Gasteiger partial charge in [0.15, 0.2) is 17.6 Å². The summed E-state index contributed by atoms with van der Waals surface area (Å²) in [5, 5.41) is 48.3. The Balaban J connectivity index is 0.797. The number of benzene rings is 1. The number of thiazole rings is 1. The number of ketones is 2. The number of aliphatic carboxylic acids is 2. The van der Waals surface area contributed by atoms with Crippen molar-refractivity contribution in [3.63, 3.8) is 0 Å². The lowest BCUT2D eigenvalue weighted by molar-refractivity contribution is -0.174. The minimum absolute atomic E-state index is 0.0269. The number of carboxylic acids is 2. The molecule has 6 aliphatic rings. The van der Waals surface area contributed by atoms with E-state index in [0.29, 0.717) is 91.2 Å². The molecule has 0 bridgehead atoms. The minimum atomic E-state index is -1.12. The van der Waals surface area contributed by atoms with Gasteiger partial charge in [0.05, 0.1) is 22.4 Å². The van der Waals surface area contributed by atoms with Crippen molar-refractivity contribution in [2.24, 2.45) is 56.7 Å². The molecule has 1 aliphatic heterocycles. The van der Waals surface area contributed by atoms with E-state index in [9.17, 15) is 58.8 Å². The summed E-state index contributed by atoms with van der Waals surface area (Å²) in [6, 6.07) is 3.01.